The maximum atomic E-state index is 12.3. The Balaban J connectivity index is 2.20. The number of rotatable bonds is 3. The van der Waals surface area contributed by atoms with Crippen LogP contribution in [0.4, 0.5) is 0 Å². The summed E-state index contributed by atoms with van der Waals surface area (Å²) in [5, 5.41) is 0. The Bertz CT molecular complexity index is 567. The fraction of sp³-hybridized carbons (Fsp3) is 0.571. The summed E-state index contributed by atoms with van der Waals surface area (Å²) < 4.78 is 0. The molecule has 116 valence electrons. The topological polar surface area (TPSA) is 78.7 Å². The molecule has 0 saturated carbocycles. The predicted molar refractivity (Wildman–Crippen MR) is 82.8 cm³/mol. The third-order valence-electron chi connectivity index (χ3n) is 4.10. The summed E-state index contributed by atoms with van der Waals surface area (Å²) in [6, 6.07) is 1.86. The van der Waals surface area contributed by atoms with Gasteiger partial charge in [-0.1, -0.05) is 0 Å². The molecule has 21 heavy (non-hydrogen) atoms. The zero-order chi connectivity index (χ0) is 15.8. The molecule has 0 aromatic carbocycles. The molecule has 0 unspecified atom stereocenters. The van der Waals surface area contributed by atoms with Crippen LogP contribution in [0.2, 0.25) is 0 Å². The van der Waals surface area contributed by atoms with Crippen LogP contribution in [0.3, 0.4) is 0 Å². The van der Waals surface area contributed by atoms with Gasteiger partial charge in [-0.25, -0.2) is 5.84 Å². The van der Waals surface area contributed by atoms with Crippen molar-refractivity contribution in [2.45, 2.75) is 32.9 Å². The van der Waals surface area contributed by atoms with Crippen LogP contribution in [0.25, 0.3) is 0 Å². The van der Waals surface area contributed by atoms with Gasteiger partial charge in [0.05, 0.1) is 10.4 Å². The van der Waals surface area contributed by atoms with Gasteiger partial charge in [-0.2, -0.15) is 0 Å². The fourth-order valence-corrected chi connectivity index (χ4v) is 3.53. The van der Waals surface area contributed by atoms with Crippen molar-refractivity contribution in [3.05, 3.63) is 21.4 Å². The molecule has 1 aliphatic heterocycles. The van der Waals surface area contributed by atoms with Crippen molar-refractivity contribution in [3.8, 4) is 0 Å². The Labute approximate surface area is 128 Å². The number of nitrogens with one attached hydrogen (secondary N) is 1. The average molecular weight is 310 g/mol. The molecule has 7 heteroatoms. The van der Waals surface area contributed by atoms with Crippen LogP contribution in [0.5, 0.6) is 0 Å². The van der Waals surface area contributed by atoms with Crippen LogP contribution < -0.4 is 11.3 Å². The number of nitrogen functional groups attached to an aromatic ring is 1. The molecule has 0 atom stereocenters. The number of carbonyl (C=O) groups excluding carboxylic acids is 2. The first kappa shape index (κ1) is 15.9. The Morgan fingerprint density at radius 2 is 2.14 bits per heavy atom. The SMILES string of the molecule is Cc1sc(C(=O)NN)cc1CN1CCN(C)C(=O)C1(C)C. The van der Waals surface area contributed by atoms with E-state index in [1.807, 2.05) is 33.9 Å². The number of thiophene rings is 1. The van der Waals surface area contributed by atoms with Gasteiger partial charge in [0, 0.05) is 31.6 Å². The minimum atomic E-state index is -0.530. The second-order valence-corrected chi connectivity index (χ2v) is 7.13. The first-order chi connectivity index (χ1) is 9.77. The number of carbonyl (C=O) groups is 2. The lowest BCUT2D eigenvalue weighted by atomic mass is 9.97. The molecule has 0 aliphatic carbocycles. The highest BCUT2D eigenvalue weighted by atomic mass is 32.1. The van der Waals surface area contributed by atoms with Crippen LogP contribution in [0.15, 0.2) is 6.07 Å². The molecule has 6 nitrogen and oxygen atoms in total. The first-order valence-corrected chi connectivity index (χ1v) is 7.70. The molecule has 2 rings (SSSR count). The van der Waals surface area contributed by atoms with Gasteiger partial charge in [0.15, 0.2) is 0 Å². The van der Waals surface area contributed by atoms with E-state index in [9.17, 15) is 9.59 Å². The second-order valence-electron chi connectivity index (χ2n) is 5.87. The molecule has 1 saturated heterocycles. The van der Waals surface area contributed by atoms with E-state index < -0.39 is 5.54 Å². The van der Waals surface area contributed by atoms with Crippen LogP contribution in [0, 0.1) is 6.92 Å². The summed E-state index contributed by atoms with van der Waals surface area (Å²) in [5.41, 5.74) is 2.69. The van der Waals surface area contributed by atoms with Gasteiger partial charge in [0.25, 0.3) is 5.91 Å². The molecule has 1 fully saturated rings. The van der Waals surface area contributed by atoms with Crippen molar-refractivity contribution in [1.29, 1.82) is 0 Å². The van der Waals surface area contributed by atoms with Crippen molar-refractivity contribution < 1.29 is 9.59 Å². The third kappa shape index (κ3) is 2.95. The minimum Gasteiger partial charge on any atom is -0.343 e. The normalized spacial score (nSPS) is 18.9. The molecular formula is C14H22N4O2S. The number of piperazine rings is 1. The molecule has 1 aliphatic rings. The van der Waals surface area contributed by atoms with E-state index in [-0.39, 0.29) is 11.8 Å². The minimum absolute atomic E-state index is 0.126. The number of likely N-dealkylation sites (N-methyl/N-ethyl adjacent to an activating group) is 1. The molecule has 0 bridgehead atoms. The Kier molecular flexibility index (Phi) is 4.36. The molecular weight excluding hydrogens is 288 g/mol. The van der Waals surface area contributed by atoms with Gasteiger partial charge in [0.2, 0.25) is 5.91 Å². The Morgan fingerprint density at radius 1 is 1.48 bits per heavy atom. The highest BCUT2D eigenvalue weighted by Crippen LogP contribution is 2.28. The van der Waals surface area contributed by atoms with E-state index in [0.717, 1.165) is 23.5 Å². The van der Waals surface area contributed by atoms with E-state index in [2.05, 4.69) is 10.3 Å². The van der Waals surface area contributed by atoms with Crippen molar-refractivity contribution >= 4 is 23.2 Å². The van der Waals surface area contributed by atoms with E-state index in [1.54, 1.807) is 4.90 Å². The zero-order valence-corrected chi connectivity index (χ0v) is 13.7. The highest BCUT2D eigenvalue weighted by Gasteiger charge is 2.40. The van der Waals surface area contributed by atoms with Gasteiger partial charge >= 0.3 is 0 Å². The number of nitrogens with two attached hydrogens (primary N) is 1. The van der Waals surface area contributed by atoms with E-state index in [4.69, 9.17) is 5.84 Å². The standard InChI is InChI=1S/C14H22N4O2S/c1-9-10(7-11(21-9)12(19)16-15)8-18-6-5-17(4)13(20)14(18,2)3/h7H,5-6,8,15H2,1-4H3,(H,16,19). The third-order valence-corrected chi connectivity index (χ3v) is 5.19. The van der Waals surface area contributed by atoms with Crippen molar-refractivity contribution in [3.63, 3.8) is 0 Å². The zero-order valence-electron chi connectivity index (χ0n) is 12.9. The summed E-state index contributed by atoms with van der Waals surface area (Å²) in [6.07, 6.45) is 0. The van der Waals surface area contributed by atoms with Crippen LogP contribution in [-0.2, 0) is 11.3 Å². The number of amides is 2. The Morgan fingerprint density at radius 3 is 2.76 bits per heavy atom. The van der Waals surface area contributed by atoms with Crippen LogP contribution >= 0.6 is 11.3 Å². The lowest BCUT2D eigenvalue weighted by Crippen LogP contribution is -2.61. The quantitative estimate of drug-likeness (QED) is 0.490. The number of nitrogens with zero attached hydrogens (tertiary/aromatic N) is 2. The van der Waals surface area contributed by atoms with Gasteiger partial charge in [-0.15, -0.1) is 11.3 Å². The molecule has 2 amide bonds. The number of hydrogen-bond acceptors (Lipinski definition) is 5. The monoisotopic (exact) mass is 310 g/mol. The fourth-order valence-electron chi connectivity index (χ4n) is 2.60. The summed E-state index contributed by atoms with van der Waals surface area (Å²) in [7, 11) is 1.83. The predicted octanol–water partition coefficient (Wildman–Crippen LogP) is 0.713. The molecule has 0 spiro atoms. The molecule has 2 heterocycles. The maximum absolute atomic E-state index is 12.3. The molecule has 0 radical (unpaired) electrons. The lowest BCUT2D eigenvalue weighted by Gasteiger charge is -2.44. The number of aryl methyl sites for hydroxylation is 1. The van der Waals surface area contributed by atoms with Crippen LogP contribution in [0.1, 0.15) is 34.0 Å². The van der Waals surface area contributed by atoms with Crippen molar-refractivity contribution in [2.75, 3.05) is 20.1 Å². The first-order valence-electron chi connectivity index (χ1n) is 6.88. The Hall–Kier alpha value is -1.44. The van der Waals surface area contributed by atoms with Crippen molar-refractivity contribution in [1.82, 2.24) is 15.2 Å². The van der Waals surface area contributed by atoms with Gasteiger partial charge in [-0.3, -0.25) is 19.9 Å². The van der Waals surface area contributed by atoms with Gasteiger partial charge in [0.1, 0.15) is 0 Å². The van der Waals surface area contributed by atoms with Crippen molar-refractivity contribution in [2.24, 2.45) is 5.84 Å². The van der Waals surface area contributed by atoms with Crippen LogP contribution in [-0.4, -0.2) is 47.3 Å². The van der Waals surface area contributed by atoms with Gasteiger partial charge in [-0.05, 0) is 32.4 Å². The molecule has 1 aromatic heterocycles. The highest BCUT2D eigenvalue weighted by molar-refractivity contribution is 7.14. The van der Waals surface area contributed by atoms with E-state index in [1.165, 1.54) is 11.3 Å². The average Bonchev–Trinajstić information content (AvgIpc) is 2.80. The maximum Gasteiger partial charge on any atom is 0.275 e. The molecule has 3 N–H and O–H groups in total. The second kappa shape index (κ2) is 5.75. The number of hydrogen-bond donors (Lipinski definition) is 2. The summed E-state index contributed by atoms with van der Waals surface area (Å²) in [6.45, 7) is 8.08. The smallest absolute Gasteiger partial charge is 0.275 e. The lowest BCUT2D eigenvalue weighted by molar-refractivity contribution is -0.147. The number of hydrazine groups is 1. The summed E-state index contributed by atoms with van der Waals surface area (Å²) in [5.74, 6) is 5.02. The molecule has 1 aromatic rings. The summed E-state index contributed by atoms with van der Waals surface area (Å²) >= 11 is 1.42. The summed E-state index contributed by atoms with van der Waals surface area (Å²) in [4.78, 5) is 29.5. The van der Waals surface area contributed by atoms with Gasteiger partial charge < -0.3 is 4.90 Å². The van der Waals surface area contributed by atoms with E-state index in [0.29, 0.717) is 11.4 Å². The van der Waals surface area contributed by atoms with E-state index >= 15 is 0 Å². The largest absolute Gasteiger partial charge is 0.343 e.